The molecular weight excluding hydrogens is 419 g/mol. The van der Waals surface area contributed by atoms with Crippen LogP contribution in [-0.2, 0) is 11.8 Å². The van der Waals surface area contributed by atoms with Gasteiger partial charge in [0.1, 0.15) is 43.0 Å². The molecule has 0 saturated carbocycles. The Balaban J connectivity index is 1.70. The molecule has 4 rings (SSSR count). The van der Waals surface area contributed by atoms with E-state index in [0.29, 0.717) is 16.1 Å². The summed E-state index contributed by atoms with van der Waals surface area (Å²) in [5.74, 6) is 0.900. The predicted octanol–water partition coefficient (Wildman–Crippen LogP) is -1.83. The molecule has 0 aromatic carbocycles. The van der Waals surface area contributed by atoms with Gasteiger partial charge in [0.2, 0.25) is 0 Å². The summed E-state index contributed by atoms with van der Waals surface area (Å²) < 4.78 is 7.00. The van der Waals surface area contributed by atoms with E-state index in [1.54, 1.807) is 6.20 Å². The fraction of sp³-hybridized carbons (Fsp3) is 0.333. The number of morpholine rings is 1. The summed E-state index contributed by atoms with van der Waals surface area (Å²) in [5, 5.41) is -6.48. The van der Waals surface area contributed by atoms with Crippen LogP contribution in [0, 0.1) is 6.92 Å². The molecule has 4 heterocycles. The fourth-order valence-electron chi connectivity index (χ4n) is 3.57. The SMILES string of the molecule is [B]C1([B])OC([B])([B])C([B])([B])N(C(=O)Nc2cc3nc(-c4cnc(C)n4C)ccc3cn2)C1([B])[B]. The molecule has 1 saturated heterocycles. The first-order valence-corrected chi connectivity index (χ1v) is 9.96. The van der Waals surface area contributed by atoms with Crippen molar-refractivity contribution in [2.45, 2.75) is 28.4 Å². The maximum atomic E-state index is 13.2. The summed E-state index contributed by atoms with van der Waals surface area (Å²) in [6, 6.07) is 4.17. The number of anilines is 1. The minimum absolute atomic E-state index is 0.0701. The average Bonchev–Trinajstić information content (AvgIpc) is 3.03. The van der Waals surface area contributed by atoms with Gasteiger partial charge in [-0.25, -0.2) is 19.7 Å². The molecule has 3 aromatic rings. The monoisotopic (exact) mass is 432 g/mol. The van der Waals surface area contributed by atoms with Crippen molar-refractivity contribution in [1.82, 2.24) is 24.4 Å². The van der Waals surface area contributed by atoms with Crippen LogP contribution in [0.5, 0.6) is 0 Å². The standard InChI is InChI=1S/C18H12B8N6O2/c1-8-27-7-12(31(8)2)10-4-3-9-6-28-13(5-11(9)29-10)30-14(33)32-15(19,20)17(23,24)34-18(25,26)16(32,21)22/h3-7H,1-2H3,(H,28,30,33). The van der Waals surface area contributed by atoms with Crippen molar-refractivity contribution < 1.29 is 9.53 Å². The highest BCUT2D eigenvalue weighted by Gasteiger charge is 2.58. The maximum Gasteiger partial charge on any atom is 0.321 e. The van der Waals surface area contributed by atoms with Crippen LogP contribution < -0.4 is 5.32 Å². The number of carbonyl (C=O) groups excluding carboxylic acids is 1. The van der Waals surface area contributed by atoms with E-state index < -0.39 is 27.5 Å². The molecule has 1 fully saturated rings. The van der Waals surface area contributed by atoms with Crippen molar-refractivity contribution in [3.63, 3.8) is 0 Å². The summed E-state index contributed by atoms with van der Waals surface area (Å²) in [7, 11) is 49.1. The van der Waals surface area contributed by atoms with E-state index in [1.165, 1.54) is 12.3 Å². The number of aromatic nitrogens is 4. The molecule has 1 aliphatic heterocycles. The zero-order valence-corrected chi connectivity index (χ0v) is 18.6. The lowest BCUT2D eigenvalue weighted by molar-refractivity contribution is -0.0913. The summed E-state index contributed by atoms with van der Waals surface area (Å²) in [6.07, 6.45) is 3.23. The van der Waals surface area contributed by atoms with Gasteiger partial charge in [-0.15, -0.1) is 0 Å². The zero-order valence-electron chi connectivity index (χ0n) is 18.6. The quantitative estimate of drug-likeness (QED) is 0.483. The van der Waals surface area contributed by atoms with Crippen molar-refractivity contribution in [2.75, 3.05) is 5.32 Å². The molecule has 3 aromatic heterocycles. The third-order valence-corrected chi connectivity index (χ3v) is 5.82. The molecule has 0 spiro atoms. The van der Waals surface area contributed by atoms with E-state index in [2.05, 4.69) is 20.3 Å². The summed E-state index contributed by atoms with van der Waals surface area (Å²) in [5.41, 5.74) is 2.01. The highest BCUT2D eigenvalue weighted by atomic mass is 16.5. The van der Waals surface area contributed by atoms with Crippen molar-refractivity contribution in [3.05, 3.63) is 36.4 Å². The second-order valence-corrected chi connectivity index (χ2v) is 8.31. The first kappa shape index (κ1) is 24.6. The number of fused-ring (bicyclic) bond motifs is 1. The van der Waals surface area contributed by atoms with Gasteiger partial charge in [0.25, 0.3) is 0 Å². The van der Waals surface area contributed by atoms with E-state index in [4.69, 9.17) is 67.5 Å². The normalized spacial score (nSPS) is 20.1. The molecule has 0 aliphatic carbocycles. The number of ether oxygens (including phenoxy) is 1. The molecule has 8 nitrogen and oxygen atoms in total. The van der Waals surface area contributed by atoms with Crippen LogP contribution in [0.1, 0.15) is 5.82 Å². The van der Waals surface area contributed by atoms with Crippen LogP contribution in [0.3, 0.4) is 0 Å². The zero-order chi connectivity index (χ0) is 25.3. The Hall–Kier alpha value is -2.48. The molecule has 2 amide bonds. The Labute approximate surface area is 208 Å². The van der Waals surface area contributed by atoms with Gasteiger partial charge in [0, 0.05) is 24.7 Å². The van der Waals surface area contributed by atoms with Gasteiger partial charge in [-0.05, 0) is 40.5 Å². The van der Waals surface area contributed by atoms with E-state index in [0.717, 1.165) is 16.9 Å². The number of nitrogens with one attached hydrogen (secondary N) is 1. The minimum Gasteiger partial charge on any atom is -0.405 e. The molecule has 0 unspecified atom stereocenters. The third-order valence-electron chi connectivity index (χ3n) is 5.82. The number of aryl methyl sites for hydroxylation is 1. The summed E-state index contributed by atoms with van der Waals surface area (Å²) >= 11 is 0. The highest BCUT2D eigenvalue weighted by Crippen LogP contribution is 2.40. The second kappa shape index (κ2) is 7.77. The number of nitrogens with zero attached hydrogens (tertiary/aromatic N) is 5. The maximum absolute atomic E-state index is 13.2. The number of imidazole rings is 1. The van der Waals surface area contributed by atoms with Crippen molar-refractivity contribution in [2.24, 2.45) is 7.05 Å². The number of hydrogen-bond donors (Lipinski definition) is 1. The topological polar surface area (TPSA) is 85.2 Å². The molecular formula is C18H12B8N6O2. The van der Waals surface area contributed by atoms with Gasteiger partial charge < -0.3 is 14.2 Å². The van der Waals surface area contributed by atoms with Gasteiger partial charge in [0.15, 0.2) is 0 Å². The lowest BCUT2D eigenvalue weighted by Gasteiger charge is -2.69. The highest BCUT2D eigenvalue weighted by molar-refractivity contribution is 6.60. The van der Waals surface area contributed by atoms with E-state index in [-0.39, 0.29) is 5.82 Å². The molecule has 1 aliphatic rings. The first-order chi connectivity index (χ1) is 15.6. The molecule has 150 valence electrons. The minimum atomic E-state index is -2.43. The van der Waals surface area contributed by atoms with Gasteiger partial charge in [-0.2, -0.15) is 0 Å². The van der Waals surface area contributed by atoms with Gasteiger partial charge in [-0.1, -0.05) is 0 Å². The van der Waals surface area contributed by atoms with E-state index >= 15 is 0 Å². The van der Waals surface area contributed by atoms with Gasteiger partial charge in [0.05, 0.1) is 54.5 Å². The summed E-state index contributed by atoms with van der Waals surface area (Å²) in [6.45, 7) is 1.88. The lowest BCUT2D eigenvalue weighted by atomic mass is 9.30. The lowest BCUT2D eigenvalue weighted by Crippen LogP contribution is -2.87. The Bertz CT molecular complexity index is 1270. The Morgan fingerprint density at radius 1 is 0.971 bits per heavy atom. The van der Waals surface area contributed by atoms with Crippen molar-refractivity contribution in [1.29, 1.82) is 0 Å². The fourth-order valence-corrected chi connectivity index (χ4v) is 3.57. The molecule has 0 bridgehead atoms. The number of carbonyl (C=O) groups is 1. The average molecular weight is 431 g/mol. The van der Waals surface area contributed by atoms with Gasteiger partial charge >= 0.3 is 6.03 Å². The van der Waals surface area contributed by atoms with Crippen LogP contribution >= 0.6 is 0 Å². The predicted molar refractivity (Wildman–Crippen MR) is 135 cm³/mol. The van der Waals surface area contributed by atoms with Crippen LogP contribution in [0.25, 0.3) is 22.3 Å². The molecule has 0 atom stereocenters. The largest absolute Gasteiger partial charge is 0.405 e. The van der Waals surface area contributed by atoms with Gasteiger partial charge in [-0.3, -0.25) is 5.32 Å². The first-order valence-electron chi connectivity index (χ1n) is 9.96. The molecule has 34 heavy (non-hydrogen) atoms. The molecule has 1 N–H and O–H groups in total. The number of hydrogen-bond acceptors (Lipinski definition) is 5. The third kappa shape index (κ3) is 3.70. The van der Waals surface area contributed by atoms with E-state index in [9.17, 15) is 4.79 Å². The van der Waals surface area contributed by atoms with E-state index in [1.807, 2.05) is 30.7 Å². The van der Waals surface area contributed by atoms with Crippen LogP contribution in [0.2, 0.25) is 0 Å². The van der Waals surface area contributed by atoms with Crippen molar-refractivity contribution >= 4 is 85.5 Å². The van der Waals surface area contributed by atoms with Crippen LogP contribution in [-0.4, -0.2) is 115 Å². The number of rotatable bonds is 2. The number of amides is 2. The second-order valence-electron chi connectivity index (χ2n) is 8.31. The van der Waals surface area contributed by atoms with Crippen LogP contribution in [0.15, 0.2) is 30.6 Å². The number of urea groups is 1. The Morgan fingerprint density at radius 2 is 1.59 bits per heavy atom. The number of pyridine rings is 2. The molecule has 16 radical (unpaired) electrons. The van der Waals surface area contributed by atoms with Crippen molar-refractivity contribution in [3.8, 4) is 11.4 Å². The Morgan fingerprint density at radius 3 is 2.15 bits per heavy atom. The molecule has 16 heteroatoms. The van der Waals surface area contributed by atoms with Crippen LogP contribution in [0.4, 0.5) is 10.6 Å². The summed E-state index contributed by atoms with van der Waals surface area (Å²) in [4.78, 5) is 26.8. The smallest absolute Gasteiger partial charge is 0.321 e. The Kier molecular flexibility index (Phi) is 5.63.